The Morgan fingerprint density at radius 2 is 2.10 bits per heavy atom. The molecule has 1 nitrogen and oxygen atoms in total. The van der Waals surface area contributed by atoms with Crippen molar-refractivity contribution in [2.24, 2.45) is 5.92 Å². The first kappa shape index (κ1) is 14.7. The van der Waals surface area contributed by atoms with Crippen molar-refractivity contribution < 1.29 is 5.11 Å². The highest BCUT2D eigenvalue weighted by molar-refractivity contribution is 5.48. The third-order valence-corrected chi connectivity index (χ3v) is 5.41. The lowest BCUT2D eigenvalue weighted by Gasteiger charge is -2.37. The smallest absolute Gasteiger partial charge is 0.119 e. The summed E-state index contributed by atoms with van der Waals surface area (Å²) in [6.45, 7) is 4.48. The summed E-state index contributed by atoms with van der Waals surface area (Å²) < 4.78 is 0. The van der Waals surface area contributed by atoms with Crippen molar-refractivity contribution in [3.63, 3.8) is 0 Å². The number of hydrogen-bond acceptors (Lipinski definition) is 1. The van der Waals surface area contributed by atoms with Gasteiger partial charge in [-0.2, -0.15) is 0 Å². The molecule has 0 fully saturated rings. The van der Waals surface area contributed by atoms with Crippen LogP contribution in [-0.4, -0.2) is 5.11 Å². The Hall–Kier alpha value is -1.24. The van der Waals surface area contributed by atoms with Gasteiger partial charge in [0.1, 0.15) is 5.75 Å². The lowest BCUT2D eigenvalue weighted by molar-refractivity contribution is 0.341. The zero-order valence-electron chi connectivity index (χ0n) is 13.5. The summed E-state index contributed by atoms with van der Waals surface area (Å²) in [6, 6.07) is 4.43. The van der Waals surface area contributed by atoms with Crippen molar-refractivity contribution in [1.29, 1.82) is 0 Å². The molecule has 2 aliphatic carbocycles. The Balaban J connectivity index is 1.86. The van der Waals surface area contributed by atoms with Gasteiger partial charge in [0.15, 0.2) is 0 Å². The topological polar surface area (TPSA) is 20.2 Å². The predicted octanol–water partition coefficient (Wildman–Crippen LogP) is 5.51. The number of allylic oxidation sites excluding steroid dienone is 2. The van der Waals surface area contributed by atoms with Crippen LogP contribution in [0.5, 0.6) is 5.75 Å². The van der Waals surface area contributed by atoms with Gasteiger partial charge in [-0.25, -0.2) is 0 Å². The fourth-order valence-electron chi connectivity index (χ4n) is 4.23. The fourth-order valence-corrected chi connectivity index (χ4v) is 4.23. The number of hydrogen-bond donors (Lipinski definition) is 1. The van der Waals surface area contributed by atoms with E-state index in [1.807, 2.05) is 6.07 Å². The van der Waals surface area contributed by atoms with Crippen LogP contribution in [0.25, 0.3) is 0 Å². The molecule has 1 heteroatoms. The largest absolute Gasteiger partial charge is 0.508 e. The lowest BCUT2D eigenvalue weighted by Crippen LogP contribution is -2.23. The van der Waals surface area contributed by atoms with E-state index in [0.717, 1.165) is 25.2 Å². The summed E-state index contributed by atoms with van der Waals surface area (Å²) >= 11 is 0. The standard InChI is InChI=1S/C20H28O/c1-3-4-5-6-15-12-17-10-9-16-8-7-14(2)11-18(16)20(17)19(21)13-15/h7,12-13,16,18,21H,3-6,8-11H2,1-2H3. The van der Waals surface area contributed by atoms with Crippen molar-refractivity contribution in [2.75, 3.05) is 0 Å². The number of unbranched alkanes of at least 4 members (excludes halogenated alkanes) is 2. The molecule has 114 valence electrons. The quantitative estimate of drug-likeness (QED) is 0.571. The lowest BCUT2D eigenvalue weighted by atomic mass is 9.68. The molecule has 21 heavy (non-hydrogen) atoms. The molecule has 3 rings (SSSR count). The summed E-state index contributed by atoms with van der Waals surface area (Å²) in [6.07, 6.45) is 12.1. The van der Waals surface area contributed by atoms with E-state index in [0.29, 0.717) is 11.7 Å². The van der Waals surface area contributed by atoms with Gasteiger partial charge >= 0.3 is 0 Å². The molecule has 2 atom stereocenters. The van der Waals surface area contributed by atoms with Gasteiger partial charge in [-0.05, 0) is 74.5 Å². The molecule has 0 radical (unpaired) electrons. The van der Waals surface area contributed by atoms with Crippen LogP contribution in [0.15, 0.2) is 23.8 Å². The van der Waals surface area contributed by atoms with Crippen molar-refractivity contribution >= 4 is 0 Å². The summed E-state index contributed by atoms with van der Waals surface area (Å²) in [7, 11) is 0. The van der Waals surface area contributed by atoms with Crippen LogP contribution in [0.4, 0.5) is 0 Å². The molecule has 0 heterocycles. The Kier molecular flexibility index (Phi) is 4.37. The van der Waals surface area contributed by atoms with Gasteiger partial charge in [0.25, 0.3) is 0 Å². The molecular weight excluding hydrogens is 256 g/mol. The van der Waals surface area contributed by atoms with E-state index in [1.165, 1.54) is 54.4 Å². The number of benzene rings is 1. The summed E-state index contributed by atoms with van der Waals surface area (Å²) in [5.41, 5.74) is 5.53. The zero-order valence-corrected chi connectivity index (χ0v) is 13.5. The van der Waals surface area contributed by atoms with Gasteiger partial charge in [0.05, 0.1) is 0 Å². The van der Waals surface area contributed by atoms with Crippen LogP contribution < -0.4 is 0 Å². The maximum absolute atomic E-state index is 10.6. The van der Waals surface area contributed by atoms with E-state index >= 15 is 0 Å². The van der Waals surface area contributed by atoms with Crippen molar-refractivity contribution in [3.05, 3.63) is 40.5 Å². The second kappa shape index (κ2) is 6.25. The van der Waals surface area contributed by atoms with Gasteiger partial charge in [-0.15, -0.1) is 0 Å². The van der Waals surface area contributed by atoms with Crippen LogP contribution in [-0.2, 0) is 12.8 Å². The molecule has 2 aliphatic rings. The van der Waals surface area contributed by atoms with E-state index in [2.05, 4.69) is 26.0 Å². The Morgan fingerprint density at radius 1 is 1.24 bits per heavy atom. The van der Waals surface area contributed by atoms with E-state index in [-0.39, 0.29) is 0 Å². The van der Waals surface area contributed by atoms with Crippen molar-refractivity contribution in [2.45, 2.75) is 71.1 Å². The molecule has 1 aromatic carbocycles. The highest BCUT2D eigenvalue weighted by atomic mass is 16.3. The first-order chi connectivity index (χ1) is 10.2. The van der Waals surface area contributed by atoms with Crippen molar-refractivity contribution in [3.8, 4) is 5.75 Å². The van der Waals surface area contributed by atoms with E-state index in [4.69, 9.17) is 0 Å². The molecule has 0 saturated heterocycles. The summed E-state index contributed by atoms with van der Waals surface area (Å²) in [5.74, 6) is 1.88. The van der Waals surface area contributed by atoms with E-state index in [9.17, 15) is 5.11 Å². The predicted molar refractivity (Wildman–Crippen MR) is 88.9 cm³/mol. The minimum atomic E-state index is 0.559. The molecule has 0 amide bonds. The first-order valence-corrected chi connectivity index (χ1v) is 8.69. The maximum Gasteiger partial charge on any atom is 0.119 e. The Morgan fingerprint density at radius 3 is 2.90 bits per heavy atom. The number of aromatic hydroxyl groups is 1. The minimum absolute atomic E-state index is 0.559. The average Bonchev–Trinajstić information content (AvgIpc) is 2.46. The fraction of sp³-hybridized carbons (Fsp3) is 0.600. The number of phenolic OH excluding ortho intramolecular Hbond substituents is 1. The van der Waals surface area contributed by atoms with Crippen molar-refractivity contribution in [1.82, 2.24) is 0 Å². The van der Waals surface area contributed by atoms with Crippen LogP contribution in [0.3, 0.4) is 0 Å². The van der Waals surface area contributed by atoms with E-state index in [1.54, 1.807) is 0 Å². The monoisotopic (exact) mass is 284 g/mol. The Labute approximate surface area is 129 Å². The molecule has 0 aromatic heterocycles. The minimum Gasteiger partial charge on any atom is -0.508 e. The van der Waals surface area contributed by atoms with Crippen LogP contribution >= 0.6 is 0 Å². The normalized spacial score (nSPS) is 24.2. The third-order valence-electron chi connectivity index (χ3n) is 5.41. The molecule has 0 aliphatic heterocycles. The van der Waals surface area contributed by atoms with Gasteiger partial charge in [0.2, 0.25) is 0 Å². The summed E-state index contributed by atoms with van der Waals surface area (Å²) in [4.78, 5) is 0. The zero-order chi connectivity index (χ0) is 14.8. The summed E-state index contributed by atoms with van der Waals surface area (Å²) in [5, 5.41) is 10.6. The van der Waals surface area contributed by atoms with Crippen LogP contribution in [0, 0.1) is 5.92 Å². The number of rotatable bonds is 4. The van der Waals surface area contributed by atoms with Gasteiger partial charge < -0.3 is 5.11 Å². The second-order valence-electron chi connectivity index (χ2n) is 7.04. The molecular formula is C20H28O. The molecule has 1 N–H and O–H groups in total. The number of fused-ring (bicyclic) bond motifs is 3. The SMILES string of the molecule is CCCCCc1cc(O)c2c(c1)CCC1CC=C(C)CC21. The Bertz CT molecular complexity index is 541. The van der Waals surface area contributed by atoms with Gasteiger partial charge in [-0.3, -0.25) is 0 Å². The highest BCUT2D eigenvalue weighted by Crippen LogP contribution is 2.48. The molecule has 0 spiro atoms. The third kappa shape index (κ3) is 3.02. The number of phenols is 1. The second-order valence-corrected chi connectivity index (χ2v) is 7.04. The van der Waals surface area contributed by atoms with Crippen LogP contribution in [0.1, 0.15) is 75.0 Å². The number of aryl methyl sites for hydroxylation is 2. The molecule has 0 saturated carbocycles. The van der Waals surface area contributed by atoms with Crippen LogP contribution in [0.2, 0.25) is 0 Å². The van der Waals surface area contributed by atoms with Gasteiger partial charge in [-0.1, -0.05) is 37.5 Å². The molecule has 2 unspecified atom stereocenters. The van der Waals surface area contributed by atoms with E-state index < -0.39 is 0 Å². The van der Waals surface area contributed by atoms with Gasteiger partial charge in [0, 0.05) is 5.56 Å². The maximum atomic E-state index is 10.6. The highest BCUT2D eigenvalue weighted by Gasteiger charge is 2.33. The first-order valence-electron chi connectivity index (χ1n) is 8.69. The average molecular weight is 284 g/mol. The molecule has 0 bridgehead atoms. The molecule has 1 aromatic rings.